The van der Waals surface area contributed by atoms with E-state index in [2.05, 4.69) is 21.1 Å². The number of ether oxygens (including phenoxy) is 1. The summed E-state index contributed by atoms with van der Waals surface area (Å²) in [5, 5.41) is 12.5. The van der Waals surface area contributed by atoms with E-state index in [9.17, 15) is 5.11 Å². The Morgan fingerprint density at radius 3 is 2.72 bits per heavy atom. The largest absolute Gasteiger partial charge is 0.508 e. The molecule has 0 unspecified atom stereocenters. The van der Waals surface area contributed by atoms with Gasteiger partial charge in [-0.1, -0.05) is 24.3 Å². The number of aromatic hydroxyl groups is 1. The van der Waals surface area contributed by atoms with Crippen molar-refractivity contribution in [1.82, 2.24) is 19.9 Å². The second kappa shape index (κ2) is 10.8. The van der Waals surface area contributed by atoms with Gasteiger partial charge in [-0.2, -0.15) is 21.7 Å². The van der Waals surface area contributed by atoms with E-state index >= 15 is 4.39 Å². The molecule has 0 aliphatic carbocycles. The minimum atomic E-state index is -0.546. The molecular weight excluding hydrogens is 513 g/mol. The smallest absolute Gasteiger partial charge is 0.319 e. The molecule has 0 bridgehead atoms. The van der Waals surface area contributed by atoms with Crippen molar-refractivity contribution < 1.29 is 14.2 Å². The Bertz CT molecular complexity index is 1510. The van der Waals surface area contributed by atoms with Gasteiger partial charge in [0.15, 0.2) is 5.82 Å². The molecule has 2 aromatic carbocycles. The maximum absolute atomic E-state index is 16.4. The highest BCUT2D eigenvalue weighted by Crippen LogP contribution is 2.40. The molecule has 9 heteroatoms. The number of rotatable bonds is 9. The summed E-state index contributed by atoms with van der Waals surface area (Å²) in [4.78, 5) is 18.5. The van der Waals surface area contributed by atoms with Gasteiger partial charge in [0.05, 0.1) is 10.9 Å². The lowest BCUT2D eigenvalue weighted by Gasteiger charge is -2.31. The van der Waals surface area contributed by atoms with Gasteiger partial charge in [-0.05, 0) is 80.1 Å². The van der Waals surface area contributed by atoms with Crippen LogP contribution in [-0.4, -0.2) is 75.8 Å². The van der Waals surface area contributed by atoms with Crippen molar-refractivity contribution in [2.75, 3.05) is 50.2 Å². The molecule has 2 aliphatic heterocycles. The number of phenols is 1. The Morgan fingerprint density at radius 1 is 1.13 bits per heavy atom. The van der Waals surface area contributed by atoms with Gasteiger partial charge in [-0.15, -0.1) is 0 Å². The first-order valence-corrected chi connectivity index (χ1v) is 15.0. The molecule has 0 saturated carbocycles. The third kappa shape index (κ3) is 4.87. The molecule has 2 aromatic heterocycles. The number of anilines is 1. The van der Waals surface area contributed by atoms with Crippen LogP contribution < -0.4 is 9.64 Å². The van der Waals surface area contributed by atoms with Gasteiger partial charge in [0.2, 0.25) is 0 Å². The SMILES string of the molecule is CSCCCN(C)c1nc(OCC23CCCN2CCC3)nc2c(F)c(-c3cc(O)cc4ccccc34)ncc12. The number of fused-ring (bicyclic) bond motifs is 3. The number of hydrogen-bond acceptors (Lipinski definition) is 8. The van der Waals surface area contributed by atoms with Crippen molar-refractivity contribution in [2.24, 2.45) is 0 Å². The van der Waals surface area contributed by atoms with Crippen molar-refractivity contribution in [3.05, 3.63) is 48.4 Å². The number of pyridine rings is 1. The highest BCUT2D eigenvalue weighted by molar-refractivity contribution is 7.98. The zero-order chi connectivity index (χ0) is 27.0. The standard InChI is InChI=1S/C30H34FN5O2S/c1-35(12-7-15-39-2)28-24-18-32-26(23-17-21(37)16-20-8-3-4-9-22(20)23)25(31)27(24)33-29(34-28)38-19-30-10-5-13-36(30)14-6-11-30/h3-4,8-9,16-18,37H,5-7,10-15,19H2,1-2H3. The summed E-state index contributed by atoms with van der Waals surface area (Å²) in [6.45, 7) is 3.48. The average molecular weight is 548 g/mol. The van der Waals surface area contributed by atoms with Crippen LogP contribution in [0, 0.1) is 5.82 Å². The van der Waals surface area contributed by atoms with Crippen molar-refractivity contribution in [3.63, 3.8) is 0 Å². The number of benzene rings is 2. The first-order chi connectivity index (χ1) is 19.0. The van der Waals surface area contributed by atoms with E-state index in [0.29, 0.717) is 23.4 Å². The summed E-state index contributed by atoms with van der Waals surface area (Å²) >= 11 is 1.80. The molecule has 39 heavy (non-hydrogen) atoms. The number of hydrogen-bond donors (Lipinski definition) is 1. The molecule has 0 radical (unpaired) electrons. The Labute approximate surface area is 232 Å². The van der Waals surface area contributed by atoms with Crippen LogP contribution in [0.15, 0.2) is 42.6 Å². The highest BCUT2D eigenvalue weighted by atomic mass is 32.2. The maximum Gasteiger partial charge on any atom is 0.319 e. The summed E-state index contributed by atoms with van der Waals surface area (Å²) < 4.78 is 22.7. The van der Waals surface area contributed by atoms with Gasteiger partial charge in [0, 0.05) is 25.4 Å². The summed E-state index contributed by atoms with van der Waals surface area (Å²) in [5.74, 6) is 1.15. The fourth-order valence-corrected chi connectivity index (χ4v) is 6.69. The molecule has 6 rings (SSSR count). The molecule has 204 valence electrons. The number of thioether (sulfide) groups is 1. The van der Waals surface area contributed by atoms with Crippen LogP contribution in [0.3, 0.4) is 0 Å². The molecule has 2 saturated heterocycles. The third-order valence-corrected chi connectivity index (χ3v) is 8.93. The van der Waals surface area contributed by atoms with Crippen LogP contribution in [0.4, 0.5) is 10.2 Å². The van der Waals surface area contributed by atoms with Gasteiger partial charge in [-0.3, -0.25) is 9.88 Å². The van der Waals surface area contributed by atoms with Crippen molar-refractivity contribution in [2.45, 2.75) is 37.6 Å². The predicted octanol–water partition coefficient (Wildman–Crippen LogP) is 5.89. The topological polar surface area (TPSA) is 74.6 Å². The monoisotopic (exact) mass is 547 g/mol. The van der Waals surface area contributed by atoms with E-state index in [4.69, 9.17) is 9.72 Å². The Balaban J connectivity index is 1.44. The van der Waals surface area contributed by atoms with Crippen molar-refractivity contribution in [1.29, 1.82) is 0 Å². The highest BCUT2D eigenvalue weighted by Gasteiger charge is 2.45. The number of nitrogens with zero attached hydrogens (tertiary/aromatic N) is 5. The summed E-state index contributed by atoms with van der Waals surface area (Å²) in [6.07, 6.45) is 9.27. The average Bonchev–Trinajstić information content (AvgIpc) is 3.52. The van der Waals surface area contributed by atoms with Gasteiger partial charge >= 0.3 is 6.01 Å². The van der Waals surface area contributed by atoms with Gasteiger partial charge < -0.3 is 14.7 Å². The molecule has 2 aliphatic rings. The fraction of sp³-hybridized carbons (Fsp3) is 0.433. The first-order valence-electron chi connectivity index (χ1n) is 13.7. The molecule has 1 N–H and O–H groups in total. The minimum absolute atomic E-state index is 0.0329. The van der Waals surface area contributed by atoms with Crippen molar-refractivity contribution >= 4 is 39.3 Å². The lowest BCUT2D eigenvalue weighted by Crippen LogP contribution is -2.43. The van der Waals surface area contributed by atoms with Crippen LogP contribution in [-0.2, 0) is 0 Å². The summed E-state index contributed by atoms with van der Waals surface area (Å²) in [5.41, 5.74) is 0.876. The molecular formula is C30H34FN5O2S. The number of phenolic OH excluding ortho intramolecular Hbond substituents is 1. The van der Waals surface area contributed by atoms with Crippen LogP contribution in [0.2, 0.25) is 0 Å². The molecule has 4 aromatic rings. The second-order valence-corrected chi connectivity index (χ2v) is 11.7. The molecule has 0 spiro atoms. The first kappa shape index (κ1) is 26.1. The van der Waals surface area contributed by atoms with E-state index in [1.54, 1.807) is 30.1 Å². The van der Waals surface area contributed by atoms with E-state index < -0.39 is 5.82 Å². The van der Waals surface area contributed by atoms with Gasteiger partial charge in [-0.25, -0.2) is 4.39 Å². The normalized spacial score (nSPS) is 16.7. The Morgan fingerprint density at radius 2 is 1.92 bits per heavy atom. The zero-order valence-electron chi connectivity index (χ0n) is 22.5. The van der Waals surface area contributed by atoms with E-state index in [-0.39, 0.29) is 28.5 Å². The van der Waals surface area contributed by atoms with E-state index in [1.165, 1.54) is 12.8 Å². The molecule has 4 heterocycles. The molecule has 0 atom stereocenters. The van der Waals surface area contributed by atoms with Crippen LogP contribution in [0.5, 0.6) is 11.8 Å². The molecule has 7 nitrogen and oxygen atoms in total. The fourth-order valence-electron chi connectivity index (χ4n) is 6.27. The third-order valence-electron chi connectivity index (χ3n) is 8.23. The van der Waals surface area contributed by atoms with Crippen LogP contribution >= 0.6 is 11.8 Å². The lowest BCUT2D eigenvalue weighted by atomic mass is 9.95. The van der Waals surface area contributed by atoms with Gasteiger partial charge in [0.1, 0.15) is 29.4 Å². The number of aromatic nitrogens is 3. The second-order valence-electron chi connectivity index (χ2n) is 10.7. The zero-order valence-corrected chi connectivity index (χ0v) is 23.3. The van der Waals surface area contributed by atoms with Crippen molar-refractivity contribution in [3.8, 4) is 23.0 Å². The maximum atomic E-state index is 16.4. The summed E-state index contributed by atoms with van der Waals surface area (Å²) in [6, 6.07) is 11.0. The minimum Gasteiger partial charge on any atom is -0.508 e. The van der Waals surface area contributed by atoms with E-state index in [0.717, 1.165) is 55.4 Å². The lowest BCUT2D eigenvalue weighted by molar-refractivity contribution is 0.108. The number of halogens is 1. The Kier molecular flexibility index (Phi) is 7.20. The van der Waals surface area contributed by atoms with Crippen LogP contribution in [0.1, 0.15) is 32.1 Å². The molecule has 2 fully saturated rings. The molecule has 0 amide bonds. The van der Waals surface area contributed by atoms with Gasteiger partial charge in [0.25, 0.3) is 0 Å². The Hall–Kier alpha value is -3.17. The quantitative estimate of drug-likeness (QED) is 0.260. The predicted molar refractivity (Wildman–Crippen MR) is 156 cm³/mol. The van der Waals surface area contributed by atoms with Crippen LogP contribution in [0.25, 0.3) is 32.9 Å². The summed E-state index contributed by atoms with van der Waals surface area (Å²) in [7, 11) is 1.97. The van der Waals surface area contributed by atoms with E-state index in [1.807, 2.05) is 36.2 Å².